The van der Waals surface area contributed by atoms with Gasteiger partial charge in [0.1, 0.15) is 5.75 Å². The summed E-state index contributed by atoms with van der Waals surface area (Å²) < 4.78 is 5.86. The summed E-state index contributed by atoms with van der Waals surface area (Å²) >= 11 is 0. The molecule has 0 radical (unpaired) electrons. The number of hydrogen-bond donors (Lipinski definition) is 1. The van der Waals surface area contributed by atoms with Gasteiger partial charge in [0.2, 0.25) is 0 Å². The van der Waals surface area contributed by atoms with Crippen LogP contribution >= 0.6 is 0 Å². The topological polar surface area (TPSA) is 34.1 Å². The first-order valence-corrected chi connectivity index (χ1v) is 6.45. The first kappa shape index (κ1) is 12.4. The van der Waals surface area contributed by atoms with Crippen molar-refractivity contribution in [2.75, 3.05) is 13.2 Å². The zero-order valence-electron chi connectivity index (χ0n) is 11.0. The Bertz CT molecular complexity index is 350. The number of piperidine rings is 1. The molecule has 0 saturated carbocycles. The van der Waals surface area contributed by atoms with Gasteiger partial charge in [0.15, 0.2) is 0 Å². The van der Waals surface area contributed by atoms with Gasteiger partial charge in [0.25, 0.3) is 0 Å². The van der Waals surface area contributed by atoms with Crippen molar-refractivity contribution >= 4 is 0 Å². The first-order chi connectivity index (χ1) is 8.13. The van der Waals surface area contributed by atoms with Crippen molar-refractivity contribution in [1.29, 1.82) is 0 Å². The van der Waals surface area contributed by atoms with E-state index in [4.69, 9.17) is 4.74 Å². The van der Waals surface area contributed by atoms with Crippen LogP contribution in [0, 0.1) is 19.8 Å². The van der Waals surface area contributed by atoms with Crippen molar-refractivity contribution in [3.05, 3.63) is 23.5 Å². The molecule has 0 bridgehead atoms. The second-order valence-electron chi connectivity index (χ2n) is 5.15. The molecule has 0 aliphatic carbocycles. The van der Waals surface area contributed by atoms with E-state index in [2.05, 4.69) is 17.2 Å². The van der Waals surface area contributed by atoms with E-state index in [9.17, 15) is 0 Å². The maximum absolute atomic E-state index is 5.86. The Labute approximate surface area is 104 Å². The van der Waals surface area contributed by atoms with E-state index in [1.165, 1.54) is 12.8 Å². The van der Waals surface area contributed by atoms with E-state index in [1.807, 2.05) is 26.0 Å². The number of aryl methyl sites for hydroxylation is 2. The Balaban J connectivity index is 1.85. The third-order valence-corrected chi connectivity index (χ3v) is 3.30. The monoisotopic (exact) mass is 234 g/mol. The highest BCUT2D eigenvalue weighted by Gasteiger charge is 2.17. The Morgan fingerprint density at radius 1 is 1.29 bits per heavy atom. The second kappa shape index (κ2) is 5.50. The molecule has 17 heavy (non-hydrogen) atoms. The summed E-state index contributed by atoms with van der Waals surface area (Å²) in [6.07, 6.45) is 2.51. The summed E-state index contributed by atoms with van der Waals surface area (Å²) in [7, 11) is 0. The van der Waals surface area contributed by atoms with Gasteiger partial charge in [-0.05, 0) is 33.6 Å². The normalized spacial score (nSPS) is 24.6. The molecule has 1 aromatic rings. The fourth-order valence-electron chi connectivity index (χ4n) is 2.29. The molecule has 1 fully saturated rings. The van der Waals surface area contributed by atoms with Gasteiger partial charge < -0.3 is 10.1 Å². The fourth-order valence-corrected chi connectivity index (χ4v) is 2.29. The SMILES string of the molecule is Cc1cc(OC[C@@H]2CC[C@@H](C)NC2)cc(C)n1. The minimum atomic E-state index is 0.639. The quantitative estimate of drug-likeness (QED) is 0.872. The zero-order chi connectivity index (χ0) is 12.3. The lowest BCUT2D eigenvalue weighted by molar-refractivity contribution is 0.203. The smallest absolute Gasteiger partial charge is 0.122 e. The van der Waals surface area contributed by atoms with Crippen LogP contribution in [0.1, 0.15) is 31.2 Å². The number of ether oxygens (including phenoxy) is 1. The van der Waals surface area contributed by atoms with E-state index in [1.54, 1.807) is 0 Å². The van der Waals surface area contributed by atoms with Crippen LogP contribution in [-0.4, -0.2) is 24.2 Å². The van der Waals surface area contributed by atoms with Crippen molar-refractivity contribution in [3.8, 4) is 5.75 Å². The zero-order valence-corrected chi connectivity index (χ0v) is 11.0. The highest BCUT2D eigenvalue weighted by Crippen LogP contribution is 2.18. The minimum Gasteiger partial charge on any atom is -0.493 e. The van der Waals surface area contributed by atoms with Gasteiger partial charge in [-0.2, -0.15) is 0 Å². The van der Waals surface area contributed by atoms with Gasteiger partial charge in [0.05, 0.1) is 6.61 Å². The summed E-state index contributed by atoms with van der Waals surface area (Å²) in [6, 6.07) is 4.68. The van der Waals surface area contributed by atoms with Crippen LogP contribution in [0.2, 0.25) is 0 Å². The Kier molecular flexibility index (Phi) is 4.00. The number of nitrogens with zero attached hydrogens (tertiary/aromatic N) is 1. The molecule has 1 aliphatic heterocycles. The van der Waals surface area contributed by atoms with Gasteiger partial charge in [-0.15, -0.1) is 0 Å². The van der Waals surface area contributed by atoms with E-state index < -0.39 is 0 Å². The van der Waals surface area contributed by atoms with Crippen LogP contribution in [0.25, 0.3) is 0 Å². The standard InChI is InChI=1S/C14H22N2O/c1-10-4-5-13(8-15-10)9-17-14-6-11(2)16-12(3)7-14/h6-7,10,13,15H,4-5,8-9H2,1-3H3/t10-,13-/m1/s1. The summed E-state index contributed by atoms with van der Waals surface area (Å²) in [5.74, 6) is 1.59. The number of aromatic nitrogens is 1. The lowest BCUT2D eigenvalue weighted by Gasteiger charge is -2.27. The number of pyridine rings is 1. The molecule has 1 N–H and O–H groups in total. The first-order valence-electron chi connectivity index (χ1n) is 6.45. The molecule has 2 heterocycles. The molecule has 1 aromatic heterocycles. The molecule has 1 aliphatic rings. The van der Waals surface area contributed by atoms with Crippen molar-refractivity contribution in [2.24, 2.45) is 5.92 Å². The van der Waals surface area contributed by atoms with Crippen LogP contribution in [0.15, 0.2) is 12.1 Å². The third-order valence-electron chi connectivity index (χ3n) is 3.30. The van der Waals surface area contributed by atoms with Crippen molar-refractivity contribution in [2.45, 2.75) is 39.7 Å². The summed E-state index contributed by atoms with van der Waals surface area (Å²) in [5.41, 5.74) is 2.05. The highest BCUT2D eigenvalue weighted by molar-refractivity contribution is 5.26. The van der Waals surface area contributed by atoms with Gasteiger partial charge in [-0.3, -0.25) is 4.98 Å². The molecular weight excluding hydrogens is 212 g/mol. The average molecular weight is 234 g/mol. The number of rotatable bonds is 3. The lowest BCUT2D eigenvalue weighted by atomic mass is 9.96. The van der Waals surface area contributed by atoms with Crippen molar-refractivity contribution in [3.63, 3.8) is 0 Å². The highest BCUT2D eigenvalue weighted by atomic mass is 16.5. The lowest BCUT2D eigenvalue weighted by Crippen LogP contribution is -2.39. The third kappa shape index (κ3) is 3.70. The summed E-state index contributed by atoms with van der Waals surface area (Å²) in [6.45, 7) is 8.13. The Morgan fingerprint density at radius 2 is 2.00 bits per heavy atom. The van der Waals surface area contributed by atoms with E-state index in [0.29, 0.717) is 12.0 Å². The molecule has 2 atom stereocenters. The number of nitrogens with one attached hydrogen (secondary N) is 1. The van der Waals surface area contributed by atoms with Crippen LogP contribution in [0.3, 0.4) is 0 Å². The molecule has 1 saturated heterocycles. The molecule has 0 spiro atoms. The largest absolute Gasteiger partial charge is 0.493 e. The molecule has 0 unspecified atom stereocenters. The van der Waals surface area contributed by atoms with Crippen LogP contribution in [0.5, 0.6) is 5.75 Å². The molecule has 2 rings (SSSR count). The van der Waals surface area contributed by atoms with Crippen LogP contribution in [0.4, 0.5) is 0 Å². The molecule has 0 amide bonds. The van der Waals surface area contributed by atoms with E-state index >= 15 is 0 Å². The predicted molar refractivity (Wildman–Crippen MR) is 69.4 cm³/mol. The molecular formula is C14H22N2O. The Hall–Kier alpha value is -1.09. The molecule has 3 heteroatoms. The maximum Gasteiger partial charge on any atom is 0.122 e. The summed E-state index contributed by atoms with van der Waals surface area (Å²) in [4.78, 5) is 4.35. The van der Waals surface area contributed by atoms with E-state index in [-0.39, 0.29) is 0 Å². The number of hydrogen-bond acceptors (Lipinski definition) is 3. The van der Waals surface area contributed by atoms with Crippen LogP contribution < -0.4 is 10.1 Å². The van der Waals surface area contributed by atoms with E-state index in [0.717, 1.165) is 30.3 Å². The second-order valence-corrected chi connectivity index (χ2v) is 5.15. The van der Waals surface area contributed by atoms with Gasteiger partial charge in [-0.1, -0.05) is 0 Å². The Morgan fingerprint density at radius 3 is 2.59 bits per heavy atom. The van der Waals surface area contributed by atoms with Crippen LogP contribution in [-0.2, 0) is 0 Å². The predicted octanol–water partition coefficient (Wildman–Crippen LogP) is 2.47. The maximum atomic E-state index is 5.86. The van der Waals surface area contributed by atoms with Gasteiger partial charge >= 0.3 is 0 Å². The van der Waals surface area contributed by atoms with Crippen molar-refractivity contribution in [1.82, 2.24) is 10.3 Å². The minimum absolute atomic E-state index is 0.639. The molecule has 0 aromatic carbocycles. The van der Waals surface area contributed by atoms with Gasteiger partial charge in [-0.25, -0.2) is 0 Å². The average Bonchev–Trinajstić information content (AvgIpc) is 2.27. The van der Waals surface area contributed by atoms with Crippen molar-refractivity contribution < 1.29 is 4.74 Å². The summed E-state index contributed by atoms with van der Waals surface area (Å²) in [5, 5.41) is 3.50. The fraction of sp³-hybridized carbons (Fsp3) is 0.643. The molecule has 3 nitrogen and oxygen atoms in total. The molecule has 94 valence electrons. The van der Waals surface area contributed by atoms with Gasteiger partial charge in [0, 0.05) is 42.0 Å².